The lowest BCUT2D eigenvalue weighted by Crippen LogP contribution is -2.42. The van der Waals surface area contributed by atoms with E-state index in [1.54, 1.807) is 13.3 Å². The topological polar surface area (TPSA) is 91.1 Å². The van der Waals surface area contributed by atoms with Crippen molar-refractivity contribution in [3.63, 3.8) is 0 Å². The molecule has 4 rings (SSSR count). The minimum Gasteiger partial charge on any atom is -0.468 e. The average Bonchev–Trinajstić information content (AvgIpc) is 3.59. The molecule has 2 aromatic rings. The fourth-order valence-corrected chi connectivity index (χ4v) is 4.31. The first-order valence-electron chi connectivity index (χ1n) is 11.5. The maximum atomic E-state index is 12.3. The van der Waals surface area contributed by atoms with Crippen molar-refractivity contribution < 1.29 is 13.9 Å². The Hall–Kier alpha value is -2.84. The molecule has 0 saturated carbocycles. The molecule has 2 aliphatic heterocycles. The van der Waals surface area contributed by atoms with Gasteiger partial charge in [0.15, 0.2) is 5.96 Å². The van der Waals surface area contributed by atoms with Gasteiger partial charge in [-0.05, 0) is 68.6 Å². The second-order valence-corrected chi connectivity index (χ2v) is 8.27. The number of nitrogens with zero attached hydrogens (tertiary/aromatic N) is 2. The summed E-state index contributed by atoms with van der Waals surface area (Å²) in [6, 6.07) is 12.0. The molecule has 0 bridgehead atoms. The number of carbonyl (C=O) groups is 1. The van der Waals surface area contributed by atoms with Crippen molar-refractivity contribution >= 4 is 17.6 Å². The van der Waals surface area contributed by atoms with Crippen LogP contribution in [0.5, 0.6) is 0 Å². The summed E-state index contributed by atoms with van der Waals surface area (Å²) >= 11 is 0. The van der Waals surface area contributed by atoms with Crippen LogP contribution in [0.25, 0.3) is 0 Å². The van der Waals surface area contributed by atoms with Gasteiger partial charge in [-0.3, -0.25) is 14.7 Å². The molecule has 3 N–H and O–H groups in total. The van der Waals surface area contributed by atoms with E-state index in [4.69, 9.17) is 9.15 Å². The number of aliphatic imine (C=N–C) groups is 1. The summed E-state index contributed by atoms with van der Waals surface area (Å²) in [7, 11) is 1.77. The van der Waals surface area contributed by atoms with Crippen LogP contribution < -0.4 is 16.0 Å². The minimum atomic E-state index is -0.336. The van der Waals surface area contributed by atoms with Crippen molar-refractivity contribution in [3.8, 4) is 0 Å². The average molecular weight is 440 g/mol. The molecule has 0 radical (unpaired) electrons. The van der Waals surface area contributed by atoms with Crippen molar-refractivity contribution in [2.24, 2.45) is 4.99 Å². The van der Waals surface area contributed by atoms with Crippen LogP contribution in [-0.2, 0) is 16.1 Å². The van der Waals surface area contributed by atoms with E-state index in [2.05, 4.69) is 25.8 Å². The zero-order valence-electron chi connectivity index (χ0n) is 18.7. The highest BCUT2D eigenvalue weighted by Crippen LogP contribution is 2.24. The number of amides is 1. The summed E-state index contributed by atoms with van der Waals surface area (Å²) in [5, 5.41) is 9.76. The van der Waals surface area contributed by atoms with E-state index in [0.717, 1.165) is 48.9 Å². The van der Waals surface area contributed by atoms with Gasteiger partial charge in [0.05, 0.1) is 12.3 Å². The quantitative estimate of drug-likeness (QED) is 0.433. The number of guanidine groups is 1. The number of hydrogen-bond acceptors (Lipinski definition) is 5. The van der Waals surface area contributed by atoms with Crippen LogP contribution in [-0.4, -0.2) is 56.2 Å². The van der Waals surface area contributed by atoms with Gasteiger partial charge < -0.3 is 25.1 Å². The Morgan fingerprint density at radius 3 is 2.78 bits per heavy atom. The predicted octanol–water partition coefficient (Wildman–Crippen LogP) is 2.90. The van der Waals surface area contributed by atoms with Crippen LogP contribution in [0.15, 0.2) is 52.1 Å². The van der Waals surface area contributed by atoms with Crippen molar-refractivity contribution in [2.75, 3.05) is 38.6 Å². The zero-order chi connectivity index (χ0) is 22.2. The predicted molar refractivity (Wildman–Crippen MR) is 125 cm³/mol. The number of hydrogen-bond donors (Lipinski definition) is 3. The molecule has 32 heavy (non-hydrogen) atoms. The van der Waals surface area contributed by atoms with Gasteiger partial charge in [0.25, 0.3) is 5.91 Å². The summed E-state index contributed by atoms with van der Waals surface area (Å²) in [6.07, 6.45) is 5.57. The molecule has 1 amide bonds. The van der Waals surface area contributed by atoms with Gasteiger partial charge in [-0.15, -0.1) is 0 Å². The van der Waals surface area contributed by atoms with E-state index in [1.165, 1.54) is 12.8 Å². The number of ether oxygens (including phenoxy) is 1. The monoisotopic (exact) mass is 439 g/mol. The van der Waals surface area contributed by atoms with E-state index in [-0.39, 0.29) is 18.1 Å². The number of carbonyl (C=O) groups excluding carboxylic acids is 1. The summed E-state index contributed by atoms with van der Waals surface area (Å²) in [6.45, 7) is 4.14. The summed E-state index contributed by atoms with van der Waals surface area (Å²) < 4.78 is 11.2. The lowest BCUT2D eigenvalue weighted by atomic mass is 10.2. The molecule has 0 spiro atoms. The lowest BCUT2D eigenvalue weighted by molar-refractivity contribution is -0.124. The molecule has 2 fully saturated rings. The van der Waals surface area contributed by atoms with Crippen molar-refractivity contribution in [1.29, 1.82) is 0 Å². The Balaban J connectivity index is 1.30. The Morgan fingerprint density at radius 2 is 2.06 bits per heavy atom. The number of rotatable bonds is 8. The zero-order valence-corrected chi connectivity index (χ0v) is 18.7. The van der Waals surface area contributed by atoms with Crippen LogP contribution in [0.4, 0.5) is 5.69 Å². The molecule has 0 aliphatic carbocycles. The molecule has 172 valence electrons. The Morgan fingerprint density at radius 1 is 1.19 bits per heavy atom. The van der Waals surface area contributed by atoms with E-state index in [0.29, 0.717) is 19.7 Å². The molecule has 1 aromatic carbocycles. The normalized spacial score (nSPS) is 20.3. The second kappa shape index (κ2) is 11.2. The second-order valence-electron chi connectivity index (χ2n) is 8.27. The van der Waals surface area contributed by atoms with E-state index < -0.39 is 0 Å². The van der Waals surface area contributed by atoms with Gasteiger partial charge >= 0.3 is 0 Å². The highest BCUT2D eigenvalue weighted by atomic mass is 16.5. The Bertz CT molecular complexity index is 887. The van der Waals surface area contributed by atoms with Gasteiger partial charge in [-0.25, -0.2) is 0 Å². The highest BCUT2D eigenvalue weighted by molar-refractivity contribution is 5.94. The molecule has 2 atom stereocenters. The fourth-order valence-electron chi connectivity index (χ4n) is 4.31. The number of benzene rings is 1. The Labute approximate surface area is 189 Å². The lowest BCUT2D eigenvalue weighted by Gasteiger charge is -2.26. The van der Waals surface area contributed by atoms with Crippen LogP contribution in [0, 0.1) is 0 Å². The van der Waals surface area contributed by atoms with Crippen LogP contribution in [0.1, 0.15) is 43.0 Å². The SMILES string of the molecule is CN=C(NCc1cccc(NC(=O)C2CCCO2)c1)NCC(c1ccco1)N1CCCC1. The number of furan rings is 1. The summed E-state index contributed by atoms with van der Waals surface area (Å²) in [4.78, 5) is 19.1. The number of likely N-dealkylation sites (tertiary alicyclic amines) is 1. The van der Waals surface area contributed by atoms with E-state index in [1.807, 2.05) is 36.4 Å². The molecule has 2 unspecified atom stereocenters. The fraction of sp³-hybridized carbons (Fsp3) is 0.500. The Kier molecular flexibility index (Phi) is 7.79. The van der Waals surface area contributed by atoms with Crippen molar-refractivity contribution in [3.05, 3.63) is 54.0 Å². The van der Waals surface area contributed by atoms with Crippen molar-refractivity contribution in [1.82, 2.24) is 15.5 Å². The maximum absolute atomic E-state index is 12.3. The number of anilines is 1. The summed E-state index contributed by atoms with van der Waals surface area (Å²) in [5.41, 5.74) is 1.83. The molecular formula is C24H33N5O3. The van der Waals surface area contributed by atoms with Crippen LogP contribution in [0.2, 0.25) is 0 Å². The maximum Gasteiger partial charge on any atom is 0.253 e. The molecule has 8 nitrogen and oxygen atoms in total. The first-order chi connectivity index (χ1) is 15.7. The van der Waals surface area contributed by atoms with Crippen LogP contribution in [0.3, 0.4) is 0 Å². The summed E-state index contributed by atoms with van der Waals surface area (Å²) in [5.74, 6) is 1.63. The van der Waals surface area contributed by atoms with Gasteiger partial charge in [0.2, 0.25) is 0 Å². The van der Waals surface area contributed by atoms with Gasteiger partial charge in [-0.1, -0.05) is 12.1 Å². The third kappa shape index (κ3) is 5.89. The minimum absolute atomic E-state index is 0.0732. The smallest absolute Gasteiger partial charge is 0.253 e. The van der Waals surface area contributed by atoms with Crippen molar-refractivity contribution in [2.45, 2.75) is 44.4 Å². The third-order valence-corrected chi connectivity index (χ3v) is 6.02. The third-order valence-electron chi connectivity index (χ3n) is 6.02. The molecule has 2 saturated heterocycles. The first kappa shape index (κ1) is 22.4. The molecule has 8 heteroatoms. The standard InChI is InChI=1S/C24H33N5O3/c1-25-24(27-17-20(21-9-5-13-31-21)29-11-2-3-12-29)26-16-18-7-4-8-19(15-18)28-23(30)22-10-6-14-32-22/h4-5,7-9,13,15,20,22H,2-3,6,10-12,14,16-17H2,1H3,(H,28,30)(H2,25,26,27). The first-order valence-corrected chi connectivity index (χ1v) is 11.5. The van der Waals surface area contributed by atoms with E-state index in [9.17, 15) is 4.79 Å². The molecule has 2 aliphatic rings. The molecule has 3 heterocycles. The molecular weight excluding hydrogens is 406 g/mol. The largest absolute Gasteiger partial charge is 0.468 e. The van der Waals surface area contributed by atoms with Crippen LogP contribution >= 0.6 is 0 Å². The van der Waals surface area contributed by atoms with Gasteiger partial charge in [0, 0.05) is 32.4 Å². The molecule has 1 aromatic heterocycles. The van der Waals surface area contributed by atoms with Gasteiger partial charge in [0.1, 0.15) is 11.9 Å². The van der Waals surface area contributed by atoms with E-state index >= 15 is 0 Å². The van der Waals surface area contributed by atoms with Gasteiger partial charge in [-0.2, -0.15) is 0 Å². The highest BCUT2D eigenvalue weighted by Gasteiger charge is 2.26. The number of nitrogens with one attached hydrogen (secondary N) is 3.